The zero-order chi connectivity index (χ0) is 16.9. The van der Waals surface area contributed by atoms with Crippen molar-refractivity contribution in [2.75, 3.05) is 33.2 Å². The highest BCUT2D eigenvalue weighted by Gasteiger charge is 2.20. The van der Waals surface area contributed by atoms with Gasteiger partial charge in [-0.25, -0.2) is 4.68 Å². The Bertz CT molecular complexity index is 735. The summed E-state index contributed by atoms with van der Waals surface area (Å²) in [6.07, 6.45) is 0. The Morgan fingerprint density at radius 2 is 1.96 bits per heavy atom. The van der Waals surface area contributed by atoms with Gasteiger partial charge in [0.2, 0.25) is 5.91 Å². The maximum atomic E-state index is 12.3. The molecule has 0 N–H and O–H groups in total. The second kappa shape index (κ2) is 7.59. The zero-order valence-electron chi connectivity index (χ0n) is 13.6. The summed E-state index contributed by atoms with van der Waals surface area (Å²) >= 11 is 5.14. The van der Waals surface area contributed by atoms with E-state index in [4.69, 9.17) is 21.4 Å². The molecule has 0 radical (unpaired) electrons. The summed E-state index contributed by atoms with van der Waals surface area (Å²) < 4.78 is 12.4. The predicted octanol–water partition coefficient (Wildman–Crippen LogP) is 1.56. The molecule has 0 aliphatic carbocycles. The van der Waals surface area contributed by atoms with E-state index >= 15 is 0 Å². The SMILES string of the molecule is CN1CCN(C(=O)Cn2nc(COc3ccccc3)oc2=S)CC1. The number of piperazine rings is 1. The molecule has 128 valence electrons. The van der Waals surface area contributed by atoms with Gasteiger partial charge in [0.05, 0.1) is 0 Å². The lowest BCUT2D eigenvalue weighted by Gasteiger charge is -2.32. The van der Waals surface area contributed by atoms with E-state index in [-0.39, 0.29) is 23.9 Å². The van der Waals surface area contributed by atoms with Crippen molar-refractivity contribution < 1.29 is 13.9 Å². The average molecular weight is 348 g/mol. The van der Waals surface area contributed by atoms with Crippen molar-refractivity contribution >= 4 is 18.1 Å². The van der Waals surface area contributed by atoms with Crippen LogP contribution in [0.25, 0.3) is 0 Å². The topological polar surface area (TPSA) is 63.7 Å². The van der Waals surface area contributed by atoms with Gasteiger partial charge in [-0.05, 0) is 31.4 Å². The number of carbonyl (C=O) groups excluding carboxylic acids is 1. The summed E-state index contributed by atoms with van der Waals surface area (Å²) in [4.78, 5) is 16.6. The van der Waals surface area contributed by atoms with Crippen molar-refractivity contribution in [1.82, 2.24) is 19.6 Å². The van der Waals surface area contributed by atoms with E-state index in [1.807, 2.05) is 35.2 Å². The molecule has 7 nitrogen and oxygen atoms in total. The van der Waals surface area contributed by atoms with Crippen LogP contribution in [0, 0.1) is 4.84 Å². The quantitative estimate of drug-likeness (QED) is 0.764. The maximum absolute atomic E-state index is 12.3. The molecular weight excluding hydrogens is 328 g/mol. The fraction of sp³-hybridized carbons (Fsp3) is 0.438. The molecule has 1 fully saturated rings. The highest BCUT2D eigenvalue weighted by atomic mass is 32.1. The van der Waals surface area contributed by atoms with Gasteiger partial charge in [0, 0.05) is 26.2 Å². The lowest BCUT2D eigenvalue weighted by molar-refractivity contribution is -0.133. The van der Waals surface area contributed by atoms with Gasteiger partial charge in [0.15, 0.2) is 6.61 Å². The number of nitrogens with zero attached hydrogens (tertiary/aromatic N) is 4. The molecule has 1 aromatic carbocycles. The van der Waals surface area contributed by atoms with E-state index in [1.54, 1.807) is 0 Å². The second-order valence-electron chi connectivity index (χ2n) is 5.71. The number of ether oxygens (including phenoxy) is 1. The van der Waals surface area contributed by atoms with Gasteiger partial charge in [-0.1, -0.05) is 18.2 Å². The highest BCUT2D eigenvalue weighted by molar-refractivity contribution is 7.71. The van der Waals surface area contributed by atoms with Crippen molar-refractivity contribution in [2.24, 2.45) is 0 Å². The third-order valence-electron chi connectivity index (χ3n) is 3.89. The minimum Gasteiger partial charge on any atom is -0.484 e. The number of rotatable bonds is 5. The average Bonchev–Trinajstić information content (AvgIpc) is 2.94. The van der Waals surface area contributed by atoms with Gasteiger partial charge in [0.25, 0.3) is 10.7 Å². The number of hydrogen-bond acceptors (Lipinski definition) is 6. The fourth-order valence-electron chi connectivity index (χ4n) is 2.45. The Balaban J connectivity index is 1.57. The molecule has 0 unspecified atom stereocenters. The lowest BCUT2D eigenvalue weighted by atomic mass is 10.3. The number of para-hydroxylation sites is 1. The molecule has 24 heavy (non-hydrogen) atoms. The summed E-state index contributed by atoms with van der Waals surface area (Å²) in [7, 11) is 2.05. The zero-order valence-corrected chi connectivity index (χ0v) is 14.4. The summed E-state index contributed by atoms with van der Waals surface area (Å²) in [5, 5.41) is 4.24. The molecule has 2 heterocycles. The number of amides is 1. The van der Waals surface area contributed by atoms with Crippen LogP contribution in [0.2, 0.25) is 0 Å². The van der Waals surface area contributed by atoms with Crippen molar-refractivity contribution in [1.29, 1.82) is 0 Å². The van der Waals surface area contributed by atoms with Gasteiger partial charge in [-0.15, -0.1) is 5.10 Å². The Kier molecular flexibility index (Phi) is 5.27. The Hall–Kier alpha value is -2.19. The second-order valence-corrected chi connectivity index (χ2v) is 6.05. The van der Waals surface area contributed by atoms with E-state index in [0.717, 1.165) is 31.9 Å². The summed E-state index contributed by atoms with van der Waals surface area (Å²) in [5.41, 5.74) is 0. The van der Waals surface area contributed by atoms with Crippen LogP contribution in [0.5, 0.6) is 5.75 Å². The Labute approximate surface area is 145 Å². The molecule has 1 amide bonds. The minimum absolute atomic E-state index is 0.00280. The smallest absolute Gasteiger partial charge is 0.287 e. The van der Waals surface area contributed by atoms with Crippen LogP contribution in [0.3, 0.4) is 0 Å². The molecule has 0 saturated carbocycles. The van der Waals surface area contributed by atoms with E-state index in [2.05, 4.69) is 17.0 Å². The summed E-state index contributed by atoms with van der Waals surface area (Å²) in [6.45, 7) is 3.48. The third kappa shape index (κ3) is 4.21. The van der Waals surface area contributed by atoms with Crippen molar-refractivity contribution in [3.05, 3.63) is 41.1 Å². The molecule has 0 atom stereocenters. The number of likely N-dealkylation sites (N-methyl/N-ethyl adjacent to an activating group) is 1. The first-order valence-corrected chi connectivity index (χ1v) is 8.23. The first-order valence-electron chi connectivity index (χ1n) is 7.83. The predicted molar refractivity (Wildman–Crippen MR) is 90.2 cm³/mol. The van der Waals surface area contributed by atoms with Crippen LogP contribution in [-0.4, -0.2) is 58.7 Å². The van der Waals surface area contributed by atoms with Crippen LogP contribution in [-0.2, 0) is 17.9 Å². The largest absolute Gasteiger partial charge is 0.484 e. The number of carbonyl (C=O) groups is 1. The number of benzene rings is 1. The molecule has 1 aliphatic rings. The van der Waals surface area contributed by atoms with Gasteiger partial charge in [0.1, 0.15) is 12.3 Å². The molecule has 0 spiro atoms. The first kappa shape index (κ1) is 16.7. The Morgan fingerprint density at radius 1 is 1.25 bits per heavy atom. The molecule has 8 heteroatoms. The van der Waals surface area contributed by atoms with Crippen molar-refractivity contribution in [3.8, 4) is 5.75 Å². The van der Waals surface area contributed by atoms with Crippen molar-refractivity contribution in [3.63, 3.8) is 0 Å². The normalized spacial score (nSPS) is 15.5. The summed E-state index contributed by atoms with van der Waals surface area (Å²) in [6, 6.07) is 9.39. The lowest BCUT2D eigenvalue weighted by Crippen LogP contribution is -2.48. The minimum atomic E-state index is 0.00280. The van der Waals surface area contributed by atoms with Crippen LogP contribution >= 0.6 is 12.2 Å². The molecule has 1 aromatic heterocycles. The van der Waals surface area contributed by atoms with E-state index in [0.29, 0.717) is 5.89 Å². The van der Waals surface area contributed by atoms with Gasteiger partial charge < -0.3 is 19.0 Å². The van der Waals surface area contributed by atoms with Gasteiger partial charge >= 0.3 is 0 Å². The highest BCUT2D eigenvalue weighted by Crippen LogP contribution is 2.11. The van der Waals surface area contributed by atoms with Crippen LogP contribution in [0.15, 0.2) is 34.7 Å². The third-order valence-corrected chi connectivity index (χ3v) is 4.19. The van der Waals surface area contributed by atoms with Crippen molar-refractivity contribution in [2.45, 2.75) is 13.2 Å². The van der Waals surface area contributed by atoms with E-state index in [1.165, 1.54) is 4.68 Å². The molecule has 0 bridgehead atoms. The maximum Gasteiger partial charge on any atom is 0.287 e. The van der Waals surface area contributed by atoms with E-state index < -0.39 is 0 Å². The summed E-state index contributed by atoms with van der Waals surface area (Å²) in [5.74, 6) is 1.08. The van der Waals surface area contributed by atoms with Crippen LogP contribution < -0.4 is 4.74 Å². The molecule has 2 aromatic rings. The monoisotopic (exact) mass is 348 g/mol. The number of aromatic nitrogens is 2. The first-order chi connectivity index (χ1) is 11.6. The molecule has 3 rings (SSSR count). The Morgan fingerprint density at radius 3 is 2.67 bits per heavy atom. The molecule has 1 saturated heterocycles. The van der Waals surface area contributed by atoms with Crippen LogP contribution in [0.4, 0.5) is 0 Å². The molecular formula is C16H20N4O3S. The van der Waals surface area contributed by atoms with Crippen LogP contribution in [0.1, 0.15) is 5.89 Å². The fourth-order valence-corrected chi connectivity index (χ4v) is 2.65. The molecule has 1 aliphatic heterocycles. The van der Waals surface area contributed by atoms with Gasteiger partial charge in [-0.2, -0.15) is 0 Å². The van der Waals surface area contributed by atoms with E-state index in [9.17, 15) is 4.79 Å². The standard InChI is InChI=1S/C16H20N4O3S/c1-18-7-9-19(10-8-18)15(21)11-20-16(24)23-14(17-20)12-22-13-5-3-2-4-6-13/h2-6H,7-12H2,1H3. The number of hydrogen-bond donors (Lipinski definition) is 0. The van der Waals surface area contributed by atoms with Gasteiger partial charge in [-0.3, -0.25) is 4.79 Å².